The zero-order valence-corrected chi connectivity index (χ0v) is 55.0. The summed E-state index contributed by atoms with van der Waals surface area (Å²) in [7, 11) is 0. The number of ether oxygens (including phenoxy) is 2. The van der Waals surface area contributed by atoms with Crippen molar-refractivity contribution in [1.82, 2.24) is 53.2 Å². The van der Waals surface area contributed by atoms with Gasteiger partial charge in [-0.05, 0) is 72.4 Å². The van der Waals surface area contributed by atoms with Crippen molar-refractivity contribution in [1.29, 1.82) is 0 Å². The van der Waals surface area contributed by atoms with Crippen LogP contribution >= 0.6 is 11.6 Å². The van der Waals surface area contributed by atoms with E-state index in [0.29, 0.717) is 6.42 Å². The Morgan fingerprint density at radius 2 is 1.21 bits per heavy atom. The summed E-state index contributed by atoms with van der Waals surface area (Å²) in [4.78, 5) is 189. The number of aryl methyl sites for hydroxylation is 1. The summed E-state index contributed by atoms with van der Waals surface area (Å²) in [6.07, 6.45) is -0.277. The predicted molar refractivity (Wildman–Crippen MR) is 336 cm³/mol. The van der Waals surface area contributed by atoms with Gasteiger partial charge in [-0.2, -0.15) is 0 Å². The monoisotopic (exact) mass is 1390 g/mol. The number of hydrogen-bond acceptors (Lipinski definition) is 24. The molecule has 10 amide bonds. The van der Waals surface area contributed by atoms with Crippen molar-refractivity contribution in [2.45, 2.75) is 229 Å². The molecule has 96 heavy (non-hydrogen) atoms. The van der Waals surface area contributed by atoms with Crippen LogP contribution in [0.25, 0.3) is 0 Å². The van der Waals surface area contributed by atoms with Crippen LogP contribution < -0.4 is 70.5 Å². The number of carbonyl (C=O) groups excluding carboxylic acids is 11. The minimum absolute atomic E-state index is 0.00458. The maximum Gasteiger partial charge on any atom is 0.519 e. The highest BCUT2D eigenvalue weighted by molar-refractivity contribution is 6.18. The molecule has 1 saturated heterocycles. The molecule has 0 bridgehead atoms. The minimum atomic E-state index is -2.89. The summed E-state index contributed by atoms with van der Waals surface area (Å²) in [5.74, 6) is -19.9. The largest absolute Gasteiger partial charge is 0.519 e. The number of allylic oxidation sites excluding steroid dienone is 1. The summed E-state index contributed by atoms with van der Waals surface area (Å²) < 4.78 is 19.8. The molecule has 542 valence electrons. The van der Waals surface area contributed by atoms with Crippen LogP contribution in [0, 0.1) is 6.92 Å². The molecule has 0 saturated carbocycles. The van der Waals surface area contributed by atoms with E-state index in [9.17, 15) is 97.8 Å². The quantitative estimate of drug-likeness (QED) is 0.0140. The molecule has 37 heteroatoms. The average molecular weight is 1390 g/mol. The van der Waals surface area contributed by atoms with Crippen molar-refractivity contribution >= 4 is 88.8 Å². The summed E-state index contributed by atoms with van der Waals surface area (Å²) in [5, 5.41) is 85.2. The second-order valence-electron chi connectivity index (χ2n) is 22.7. The number of halogens is 1. The maximum absolute atomic E-state index is 14.3. The smallest absolute Gasteiger partial charge is 0.481 e. The van der Waals surface area contributed by atoms with Crippen molar-refractivity contribution in [2.75, 3.05) is 32.1 Å². The van der Waals surface area contributed by atoms with E-state index in [0.717, 1.165) is 57.9 Å². The highest BCUT2D eigenvalue weighted by Crippen LogP contribution is 2.15. The molecular formula is C59H95ClN12O24. The van der Waals surface area contributed by atoms with Crippen LogP contribution in [0.4, 0.5) is 4.79 Å². The third-order valence-electron chi connectivity index (χ3n) is 14.9. The molecule has 0 spiro atoms. The topological polar surface area (TPSA) is 577 Å². The van der Waals surface area contributed by atoms with Crippen molar-refractivity contribution in [3.63, 3.8) is 0 Å². The second-order valence-corrected chi connectivity index (χ2v) is 23.0. The van der Waals surface area contributed by atoms with E-state index in [1.54, 1.807) is 0 Å². The fraction of sp³-hybridized carbons (Fsp3) is 0.695. The SMILES string of the molecule is C/C=C1/NC(=O)C([C@H](C)O)NC(=O)[C@H](CCNC(=O)OCc2oc(=O)oc2C)NC(=O)C([C@H](O)C(=O)O)NC(=O)C(CCCCN)NC(=O)[C@H](CC(=O)O)NC(=O)C(CCN)NC(=O)C(NC(=O)CC(O)CCCCCCCCCCCCC)COC(=O)C([C@H](O)CCl)NC1=O. The van der Waals surface area contributed by atoms with Crippen LogP contribution in [0.1, 0.15) is 154 Å². The van der Waals surface area contributed by atoms with Crippen LogP contribution in [0.5, 0.6) is 0 Å². The summed E-state index contributed by atoms with van der Waals surface area (Å²) in [5.41, 5.74) is 10.7. The van der Waals surface area contributed by atoms with E-state index in [-0.39, 0.29) is 37.3 Å². The number of unbranched alkanes of at least 4 members (excludes halogenated alkanes) is 11. The third kappa shape index (κ3) is 31.1. The first kappa shape index (κ1) is 83.8. The molecule has 2 rings (SSSR count). The van der Waals surface area contributed by atoms with E-state index in [1.165, 1.54) is 33.1 Å². The van der Waals surface area contributed by atoms with Gasteiger partial charge in [0.1, 0.15) is 54.6 Å². The minimum Gasteiger partial charge on any atom is -0.481 e. The molecule has 1 aromatic heterocycles. The van der Waals surface area contributed by atoms with Crippen molar-refractivity contribution in [3.05, 3.63) is 33.9 Å². The van der Waals surface area contributed by atoms with E-state index < -0.39 is 226 Å². The van der Waals surface area contributed by atoms with Gasteiger partial charge in [0.25, 0.3) is 5.91 Å². The second kappa shape index (κ2) is 45.2. The molecule has 36 nitrogen and oxygen atoms in total. The van der Waals surface area contributed by atoms with Gasteiger partial charge in [0.2, 0.25) is 47.3 Å². The lowest BCUT2D eigenvalue weighted by Gasteiger charge is -2.29. The Kier molecular flexibility index (Phi) is 39.5. The number of amides is 10. The number of aliphatic hydroxyl groups excluding tert-OH is 4. The summed E-state index contributed by atoms with van der Waals surface area (Å²) >= 11 is 5.93. The molecule has 12 atom stereocenters. The van der Waals surface area contributed by atoms with Crippen molar-refractivity contribution in [3.8, 4) is 0 Å². The number of esters is 1. The first-order valence-electron chi connectivity index (χ1n) is 31.7. The van der Waals surface area contributed by atoms with Crippen molar-refractivity contribution in [2.24, 2.45) is 11.5 Å². The number of cyclic esters (lactones) is 1. The number of alkyl carbamates (subject to hydrolysis) is 1. The molecule has 1 fully saturated rings. The van der Waals surface area contributed by atoms with Gasteiger partial charge in [-0.15, -0.1) is 11.6 Å². The fourth-order valence-corrected chi connectivity index (χ4v) is 9.60. The lowest BCUT2D eigenvalue weighted by Crippen LogP contribution is -2.63. The van der Waals surface area contributed by atoms with Crippen LogP contribution in [0.3, 0.4) is 0 Å². The van der Waals surface area contributed by atoms with E-state index in [2.05, 4.69) is 54.8 Å². The number of rotatable bonds is 33. The summed E-state index contributed by atoms with van der Waals surface area (Å²) in [6, 6.07) is -16.8. The Morgan fingerprint density at radius 3 is 1.76 bits per heavy atom. The Balaban J connectivity index is 2.77. The first-order valence-corrected chi connectivity index (χ1v) is 32.2. The van der Waals surface area contributed by atoms with Crippen LogP contribution in [-0.2, 0) is 73.6 Å². The fourth-order valence-electron chi connectivity index (χ4n) is 9.42. The molecule has 7 unspecified atom stereocenters. The maximum atomic E-state index is 14.3. The van der Waals surface area contributed by atoms with Gasteiger partial charge in [0.15, 0.2) is 30.3 Å². The van der Waals surface area contributed by atoms with Crippen molar-refractivity contribution < 1.29 is 111 Å². The van der Waals surface area contributed by atoms with E-state index in [1.807, 2.05) is 5.32 Å². The summed E-state index contributed by atoms with van der Waals surface area (Å²) in [6.45, 7) is 2.79. The number of aliphatic hydroxyl groups is 4. The molecule has 20 N–H and O–H groups in total. The molecule has 1 aliphatic rings. The molecule has 1 aromatic rings. The number of carboxylic acid groups (broad SMARTS) is 2. The normalized spacial score (nSPS) is 22.7. The van der Waals surface area contributed by atoms with Gasteiger partial charge in [0.05, 0.1) is 37.0 Å². The van der Waals surface area contributed by atoms with Gasteiger partial charge < -0.3 is 114 Å². The Bertz CT molecular complexity index is 2840. The zero-order valence-electron chi connectivity index (χ0n) is 54.2. The number of aliphatic carboxylic acids is 2. The molecule has 0 aliphatic carbocycles. The van der Waals surface area contributed by atoms with Gasteiger partial charge in [-0.1, -0.05) is 83.6 Å². The van der Waals surface area contributed by atoms with Gasteiger partial charge in [0, 0.05) is 6.54 Å². The molecule has 0 radical (unpaired) electrons. The highest BCUT2D eigenvalue weighted by Gasteiger charge is 2.41. The zero-order chi connectivity index (χ0) is 72.0. The Hall–Kier alpha value is -8.29. The van der Waals surface area contributed by atoms with Crippen LogP contribution in [0.15, 0.2) is 25.4 Å². The molecule has 2 heterocycles. The highest BCUT2D eigenvalue weighted by atomic mass is 35.5. The van der Waals surface area contributed by atoms with E-state index in [4.69, 9.17) is 41.4 Å². The molecule has 0 aromatic carbocycles. The molecule has 1 aliphatic heterocycles. The lowest BCUT2D eigenvalue weighted by molar-refractivity contribution is -0.153. The van der Waals surface area contributed by atoms with Gasteiger partial charge >= 0.3 is 29.8 Å². The van der Waals surface area contributed by atoms with E-state index >= 15 is 0 Å². The number of alkyl halides is 1. The standard InChI is InChI=1S/C59H95ClN12O24/c1-5-7-8-9-10-11-12-13-14-15-16-19-33(74)26-42(76)64-39-29-93-57(90)45(40(75)28-60)71-48(80)34(6-2)65-54(86)44(31(3)73)70-51(83)37(22-25-63-58(91)94-30-41-32(4)95-59(92)96-41)68-55(87)46(47(79)56(88)89)72-50(82)35(20-17-18-23-61)66-52(84)38(27-43(77)78)69-49(81)36(21-24-62)67-53(39)85/h6,31,33,35-40,44-47,73-75,79H,5,7-30,61-62H2,1-4H3,(H,63,91)(H,64,76)(H,65,86)(H,66,84)(H,67,85)(H,68,87)(H,69,81)(H,70,83)(H,71,80)(H,72,82)(H,77,78)(H,88,89)/b34-6+/t31-,33?,35?,36?,37-,38-,39?,40+,44?,45?,46?,47-/m0/s1. The third-order valence-corrected chi connectivity index (χ3v) is 15.2. The van der Waals surface area contributed by atoms with Crippen LogP contribution in [-0.4, -0.2) is 213 Å². The number of carboxylic acids is 2. The number of nitrogens with two attached hydrogens (primary N) is 2. The predicted octanol–water partition coefficient (Wildman–Crippen LogP) is -3.56. The number of carbonyl (C=O) groups is 13. The number of nitrogens with one attached hydrogen (secondary N) is 10. The lowest BCUT2D eigenvalue weighted by atomic mass is 10.0. The van der Waals surface area contributed by atoms with Crippen LogP contribution in [0.2, 0.25) is 0 Å². The Morgan fingerprint density at radius 1 is 0.656 bits per heavy atom. The molecular weight excluding hydrogens is 1300 g/mol. The Labute approximate surface area is 558 Å². The van der Waals surface area contributed by atoms with Gasteiger partial charge in [-0.25, -0.2) is 19.2 Å². The number of hydrogen-bond donors (Lipinski definition) is 18. The van der Waals surface area contributed by atoms with Gasteiger partial charge in [-0.3, -0.25) is 47.9 Å². The average Bonchev–Trinajstić information content (AvgIpc) is 1.09. The first-order chi connectivity index (χ1) is 45.5.